The van der Waals surface area contributed by atoms with Gasteiger partial charge in [0.05, 0.1) is 6.54 Å². The molecule has 0 aliphatic carbocycles. The highest BCUT2D eigenvalue weighted by atomic mass is 32.2. The van der Waals surface area contributed by atoms with Crippen LogP contribution in [-0.4, -0.2) is 37.8 Å². The van der Waals surface area contributed by atoms with E-state index >= 15 is 0 Å². The van der Waals surface area contributed by atoms with E-state index in [-0.39, 0.29) is 16.5 Å². The normalized spacial score (nSPS) is 11.3. The van der Waals surface area contributed by atoms with Gasteiger partial charge in [0, 0.05) is 23.9 Å². The number of hydrogen-bond donors (Lipinski definition) is 2. The lowest BCUT2D eigenvalue weighted by molar-refractivity contribution is -0.132. The third kappa shape index (κ3) is 7.71. The summed E-state index contributed by atoms with van der Waals surface area (Å²) in [5.41, 5.74) is 6.87. The van der Waals surface area contributed by atoms with Crippen molar-refractivity contribution in [3.8, 4) is 0 Å². The van der Waals surface area contributed by atoms with Crippen molar-refractivity contribution in [2.45, 2.75) is 19.9 Å². The predicted molar refractivity (Wildman–Crippen MR) is 113 cm³/mol. The molecule has 2 rings (SSSR count). The summed E-state index contributed by atoms with van der Waals surface area (Å²) >= 11 is 0. The van der Waals surface area contributed by atoms with Gasteiger partial charge in [0.25, 0.3) is 0 Å². The second-order valence-electron chi connectivity index (χ2n) is 5.93. The van der Waals surface area contributed by atoms with E-state index in [1.54, 1.807) is 17.6 Å². The van der Waals surface area contributed by atoms with Gasteiger partial charge in [0.2, 0.25) is 0 Å². The molecule has 0 heterocycles. The zero-order valence-corrected chi connectivity index (χ0v) is 17.2. The first-order valence-corrected chi connectivity index (χ1v) is 10.2. The molecule has 0 saturated carbocycles. The molecular formula is C20H24F3N3O2S. The monoisotopic (exact) mass is 427 g/mol. The SMILES string of the molecule is C=S(C)N(Cc1ccc(C=O)cc1F)c1ccccc1C.CNNC(=O)C(F)F. The van der Waals surface area contributed by atoms with E-state index in [0.29, 0.717) is 24.0 Å². The zero-order valence-electron chi connectivity index (χ0n) is 16.4. The minimum atomic E-state index is -2.94. The van der Waals surface area contributed by atoms with Crippen LogP contribution in [0.4, 0.5) is 18.9 Å². The maximum Gasteiger partial charge on any atom is 0.316 e. The Balaban J connectivity index is 0.000000447. The third-order valence-electron chi connectivity index (χ3n) is 3.73. The second-order valence-corrected chi connectivity index (χ2v) is 7.57. The first-order valence-electron chi connectivity index (χ1n) is 8.48. The number of para-hydroxylation sites is 1. The van der Waals surface area contributed by atoms with Gasteiger partial charge in [-0.3, -0.25) is 15.0 Å². The van der Waals surface area contributed by atoms with Crippen molar-refractivity contribution in [1.29, 1.82) is 0 Å². The number of carbonyl (C=O) groups is 2. The van der Waals surface area contributed by atoms with Crippen LogP contribution in [0.15, 0.2) is 42.5 Å². The molecule has 0 bridgehead atoms. The number of amides is 1. The maximum atomic E-state index is 14.1. The molecule has 1 unspecified atom stereocenters. The number of halogens is 3. The fourth-order valence-electron chi connectivity index (χ4n) is 2.30. The first-order chi connectivity index (χ1) is 13.7. The maximum absolute atomic E-state index is 14.1. The molecule has 0 aromatic heterocycles. The number of aryl methyl sites for hydroxylation is 1. The highest BCUT2D eigenvalue weighted by molar-refractivity contribution is 8.14. The first kappa shape index (κ1) is 24.4. The van der Waals surface area contributed by atoms with Crippen LogP contribution in [0.25, 0.3) is 0 Å². The van der Waals surface area contributed by atoms with E-state index in [0.717, 1.165) is 11.3 Å². The summed E-state index contributed by atoms with van der Waals surface area (Å²) in [6.45, 7) is 2.46. The van der Waals surface area contributed by atoms with Crippen molar-refractivity contribution in [2.24, 2.45) is 0 Å². The highest BCUT2D eigenvalue weighted by Crippen LogP contribution is 2.30. The molecule has 5 nitrogen and oxygen atoms in total. The van der Waals surface area contributed by atoms with Crippen molar-refractivity contribution in [3.05, 3.63) is 65.0 Å². The van der Waals surface area contributed by atoms with Crippen LogP contribution < -0.4 is 15.2 Å². The topological polar surface area (TPSA) is 61.4 Å². The minimum absolute atomic E-state index is 0.283. The number of rotatable bonds is 7. The smallest absolute Gasteiger partial charge is 0.316 e. The standard InChI is InChI=1S/C17H18FNOS.C3H6F2N2O/c1-13-6-4-5-7-17(13)19(21(2)3)11-15-9-8-14(12-20)10-16(15)18;1-6-7-3(8)2(4)5/h4-10,12H,2,11H2,1,3H3;2,6H,1H3,(H,7,8). The summed E-state index contributed by atoms with van der Waals surface area (Å²) in [7, 11) is 1.05. The summed E-state index contributed by atoms with van der Waals surface area (Å²) < 4.78 is 38.5. The van der Waals surface area contributed by atoms with Gasteiger partial charge < -0.3 is 4.31 Å². The number of hydrogen-bond acceptors (Lipinski definition) is 4. The highest BCUT2D eigenvalue weighted by Gasteiger charge is 2.13. The molecule has 0 aliphatic heterocycles. The van der Waals surface area contributed by atoms with Crippen molar-refractivity contribution < 1.29 is 22.8 Å². The Bertz CT molecular complexity index is 863. The number of nitrogens with zero attached hydrogens (tertiary/aromatic N) is 1. The van der Waals surface area contributed by atoms with Crippen LogP contribution in [-0.2, 0) is 11.3 Å². The Morgan fingerprint density at radius 3 is 2.38 bits per heavy atom. The molecule has 0 aliphatic rings. The van der Waals surface area contributed by atoms with Crippen molar-refractivity contribution in [3.63, 3.8) is 0 Å². The Kier molecular flexibility index (Phi) is 10.1. The number of anilines is 1. The molecule has 0 radical (unpaired) electrons. The summed E-state index contributed by atoms with van der Waals surface area (Å²) in [6.07, 6.45) is -0.288. The van der Waals surface area contributed by atoms with Gasteiger partial charge in [-0.05, 0) is 30.9 Å². The molecule has 29 heavy (non-hydrogen) atoms. The van der Waals surface area contributed by atoms with Crippen molar-refractivity contribution >= 4 is 34.4 Å². The van der Waals surface area contributed by atoms with E-state index in [9.17, 15) is 22.8 Å². The number of benzene rings is 2. The summed E-state index contributed by atoms with van der Waals surface area (Å²) in [5.74, 6) is 2.42. The average Bonchev–Trinajstić information content (AvgIpc) is 2.68. The number of carbonyl (C=O) groups excluding carboxylic acids is 2. The lowest BCUT2D eigenvalue weighted by Crippen LogP contribution is -2.38. The van der Waals surface area contributed by atoms with Gasteiger partial charge in [-0.1, -0.05) is 36.2 Å². The number of nitrogens with one attached hydrogen (secondary N) is 2. The zero-order chi connectivity index (χ0) is 22.0. The number of alkyl halides is 2. The predicted octanol–water partition coefficient (Wildman–Crippen LogP) is 3.70. The van der Waals surface area contributed by atoms with E-state index < -0.39 is 12.3 Å². The summed E-state index contributed by atoms with van der Waals surface area (Å²) in [4.78, 5) is 20.5. The quantitative estimate of drug-likeness (QED) is 0.402. The Labute approximate surface area is 170 Å². The van der Waals surface area contributed by atoms with Gasteiger partial charge in [-0.25, -0.2) is 9.82 Å². The Hall–Kier alpha value is -2.65. The largest absolute Gasteiger partial charge is 0.318 e. The number of aldehydes is 1. The molecule has 1 atom stereocenters. The van der Waals surface area contributed by atoms with Crippen LogP contribution in [0, 0.1) is 12.7 Å². The fourth-order valence-corrected chi connectivity index (χ4v) is 3.20. The molecule has 2 aromatic carbocycles. The van der Waals surface area contributed by atoms with E-state index in [2.05, 4.69) is 15.6 Å². The van der Waals surface area contributed by atoms with Crippen LogP contribution in [0.5, 0.6) is 0 Å². The summed E-state index contributed by atoms with van der Waals surface area (Å²) in [5, 5.41) is 0. The average molecular weight is 427 g/mol. The lowest BCUT2D eigenvalue weighted by Gasteiger charge is -2.27. The molecule has 2 aromatic rings. The van der Waals surface area contributed by atoms with Crippen molar-refractivity contribution in [1.82, 2.24) is 10.9 Å². The van der Waals surface area contributed by atoms with Crippen LogP contribution in [0.1, 0.15) is 21.5 Å². The molecule has 2 N–H and O–H groups in total. The molecular weight excluding hydrogens is 403 g/mol. The van der Waals surface area contributed by atoms with E-state index in [1.807, 2.05) is 37.4 Å². The Morgan fingerprint density at radius 1 is 1.28 bits per heavy atom. The van der Waals surface area contributed by atoms with Crippen LogP contribution in [0.3, 0.4) is 0 Å². The van der Waals surface area contributed by atoms with E-state index in [1.165, 1.54) is 13.1 Å². The van der Waals surface area contributed by atoms with Gasteiger partial charge >= 0.3 is 12.3 Å². The lowest BCUT2D eigenvalue weighted by atomic mass is 10.1. The molecule has 0 fully saturated rings. The molecule has 158 valence electrons. The third-order valence-corrected chi connectivity index (χ3v) is 4.81. The van der Waals surface area contributed by atoms with Crippen molar-refractivity contribution in [2.75, 3.05) is 17.6 Å². The van der Waals surface area contributed by atoms with Gasteiger partial charge in [0.1, 0.15) is 12.1 Å². The number of hydrazine groups is 1. The second kappa shape index (κ2) is 12.0. The molecule has 9 heteroatoms. The van der Waals surface area contributed by atoms with Crippen LogP contribution >= 0.6 is 10.7 Å². The Morgan fingerprint density at radius 2 is 1.93 bits per heavy atom. The minimum Gasteiger partial charge on any atom is -0.318 e. The fraction of sp³-hybridized carbons (Fsp3) is 0.250. The van der Waals surface area contributed by atoms with Gasteiger partial charge in [-0.2, -0.15) is 8.78 Å². The molecule has 0 spiro atoms. The molecule has 0 saturated heterocycles. The van der Waals surface area contributed by atoms with E-state index in [4.69, 9.17) is 0 Å². The van der Waals surface area contributed by atoms with Gasteiger partial charge in [-0.15, -0.1) is 10.7 Å². The van der Waals surface area contributed by atoms with Crippen LogP contribution in [0.2, 0.25) is 0 Å². The summed E-state index contributed by atoms with van der Waals surface area (Å²) in [6, 6.07) is 12.6. The molecule has 1 amide bonds. The van der Waals surface area contributed by atoms with Gasteiger partial charge in [0.15, 0.2) is 0 Å².